The first kappa shape index (κ1) is 9.16. The van der Waals surface area contributed by atoms with Gasteiger partial charge in [-0.3, -0.25) is 0 Å². The Morgan fingerprint density at radius 3 is 2.40 bits per heavy atom. The molecule has 0 saturated heterocycles. The lowest BCUT2D eigenvalue weighted by molar-refractivity contribution is -0.162. The van der Waals surface area contributed by atoms with Crippen LogP contribution < -0.4 is 0 Å². The Morgan fingerprint density at radius 2 is 2.00 bits per heavy atom. The van der Waals surface area contributed by atoms with Crippen molar-refractivity contribution in [1.82, 2.24) is 0 Å². The molecule has 58 valence electrons. The minimum atomic E-state index is -0.892. The molecule has 10 heavy (non-hydrogen) atoms. The highest BCUT2D eigenvalue weighted by atomic mass is 28.2. The van der Waals surface area contributed by atoms with Crippen LogP contribution >= 0.6 is 0 Å². The molecule has 0 bridgehead atoms. The van der Waals surface area contributed by atoms with Gasteiger partial charge in [-0.25, -0.2) is 9.59 Å². The van der Waals surface area contributed by atoms with Crippen molar-refractivity contribution in [2.45, 2.75) is 13.3 Å². The number of ether oxygens (including phenoxy) is 1. The molecule has 0 aliphatic rings. The fraction of sp³-hybridized carbons (Fsp3) is 0.600. The molecule has 0 heterocycles. The summed E-state index contributed by atoms with van der Waals surface area (Å²) in [7, 11) is 0.229. The monoisotopic (exact) mass is 162 g/mol. The Labute approximate surface area is 62.0 Å². The predicted molar refractivity (Wildman–Crippen MR) is 37.3 cm³/mol. The molecule has 0 saturated carbocycles. The van der Waals surface area contributed by atoms with Gasteiger partial charge in [-0.15, -0.1) is 0 Å². The van der Waals surface area contributed by atoms with Gasteiger partial charge in [-0.2, -0.15) is 0 Å². The molecule has 0 aliphatic heterocycles. The van der Waals surface area contributed by atoms with Crippen LogP contribution in [0.3, 0.4) is 0 Å². The number of carbonyl (C=O) groups excluding carboxylic acids is 2. The Morgan fingerprint density at radius 1 is 1.40 bits per heavy atom. The van der Waals surface area contributed by atoms with E-state index in [4.69, 9.17) is 0 Å². The summed E-state index contributed by atoms with van der Waals surface area (Å²) in [5.41, 5.74) is 0. The van der Waals surface area contributed by atoms with Gasteiger partial charge in [0.15, 0.2) is 0 Å². The van der Waals surface area contributed by atoms with E-state index in [0.29, 0.717) is 6.42 Å². The summed E-state index contributed by atoms with van der Waals surface area (Å²) >= 11 is 0. The average Bonchev–Trinajstić information content (AvgIpc) is 1.98. The van der Waals surface area contributed by atoms with E-state index in [9.17, 15) is 9.59 Å². The zero-order valence-electron chi connectivity index (χ0n) is 6.05. The molecular formula is C5H10O4Si. The number of carbonyl (C=O) groups is 2. The smallest absolute Gasteiger partial charge is 0.416 e. The van der Waals surface area contributed by atoms with Crippen molar-refractivity contribution in [2.75, 3.05) is 6.61 Å². The van der Waals surface area contributed by atoms with Crippen molar-refractivity contribution < 1.29 is 18.8 Å². The number of esters is 1. The summed E-state index contributed by atoms with van der Waals surface area (Å²) in [4.78, 5) is 20.8. The van der Waals surface area contributed by atoms with Crippen molar-refractivity contribution >= 4 is 22.4 Å². The van der Waals surface area contributed by atoms with E-state index in [0.717, 1.165) is 0 Å². The third-order valence-electron chi connectivity index (χ3n) is 0.789. The molecule has 0 aromatic heterocycles. The van der Waals surface area contributed by atoms with Crippen molar-refractivity contribution in [3.05, 3.63) is 0 Å². The largest absolute Gasteiger partial charge is 0.521 e. The van der Waals surface area contributed by atoms with E-state index in [1.165, 1.54) is 0 Å². The summed E-state index contributed by atoms with van der Waals surface area (Å²) in [6, 6.07) is 0. The topological polar surface area (TPSA) is 52.6 Å². The standard InChI is InChI=1S/C5H10O4Si/c1-2-3-8-4(6)5(7)9-10/h2-3H2,1,10H3. The van der Waals surface area contributed by atoms with E-state index in [1.54, 1.807) is 0 Å². The van der Waals surface area contributed by atoms with Crippen LogP contribution in [0.15, 0.2) is 0 Å². The Balaban J connectivity index is 3.52. The van der Waals surface area contributed by atoms with Crippen LogP contribution in [0.2, 0.25) is 0 Å². The van der Waals surface area contributed by atoms with Crippen LogP contribution in [-0.2, 0) is 18.8 Å². The lowest BCUT2D eigenvalue weighted by atomic mass is 10.5. The normalized spacial score (nSPS) is 8.90. The zero-order chi connectivity index (χ0) is 7.98. The van der Waals surface area contributed by atoms with Crippen LogP contribution in [0, 0.1) is 0 Å². The summed E-state index contributed by atoms with van der Waals surface area (Å²) in [6.45, 7) is 2.12. The van der Waals surface area contributed by atoms with Crippen LogP contribution in [0.4, 0.5) is 0 Å². The fourth-order valence-corrected chi connectivity index (χ4v) is 0.504. The Hall–Kier alpha value is -0.843. The summed E-state index contributed by atoms with van der Waals surface area (Å²) in [6.07, 6.45) is 0.708. The highest BCUT2D eigenvalue weighted by Gasteiger charge is 2.13. The first-order chi connectivity index (χ1) is 4.72. The predicted octanol–water partition coefficient (Wildman–Crippen LogP) is -1.24. The maximum Gasteiger partial charge on any atom is 0.416 e. The quantitative estimate of drug-likeness (QED) is 0.289. The molecule has 0 spiro atoms. The molecule has 0 unspecified atom stereocenters. The highest BCUT2D eigenvalue weighted by Crippen LogP contribution is 1.84. The molecule has 0 aliphatic carbocycles. The molecule has 0 N–H and O–H groups in total. The molecule has 0 amide bonds. The first-order valence-corrected chi connectivity index (χ1v) is 3.79. The Kier molecular flexibility index (Phi) is 4.56. The van der Waals surface area contributed by atoms with Crippen LogP contribution in [0.5, 0.6) is 0 Å². The molecule has 0 fully saturated rings. The number of hydrogen-bond donors (Lipinski definition) is 0. The summed E-state index contributed by atoms with van der Waals surface area (Å²) in [5.74, 6) is -1.78. The van der Waals surface area contributed by atoms with E-state index >= 15 is 0 Å². The van der Waals surface area contributed by atoms with Crippen molar-refractivity contribution in [2.24, 2.45) is 0 Å². The third kappa shape index (κ3) is 3.24. The SMILES string of the molecule is CCCOC(=O)C(=O)O[SiH3]. The van der Waals surface area contributed by atoms with Crippen molar-refractivity contribution in [3.63, 3.8) is 0 Å². The highest BCUT2D eigenvalue weighted by molar-refractivity contribution is 6.33. The number of rotatable bonds is 2. The second kappa shape index (κ2) is 4.98. The van der Waals surface area contributed by atoms with Gasteiger partial charge in [0, 0.05) is 0 Å². The van der Waals surface area contributed by atoms with Crippen molar-refractivity contribution in [3.8, 4) is 0 Å². The molecular weight excluding hydrogens is 152 g/mol. The van der Waals surface area contributed by atoms with Gasteiger partial charge in [0.05, 0.1) is 6.61 Å². The fourth-order valence-electron chi connectivity index (χ4n) is 0.337. The molecule has 0 atom stereocenters. The third-order valence-corrected chi connectivity index (χ3v) is 1.16. The Bertz CT molecular complexity index is 134. The maximum absolute atomic E-state index is 10.5. The van der Waals surface area contributed by atoms with Crippen LogP contribution in [0.1, 0.15) is 13.3 Å². The summed E-state index contributed by atoms with van der Waals surface area (Å²) < 4.78 is 8.69. The minimum Gasteiger partial charge on any atom is -0.521 e. The zero-order valence-corrected chi connectivity index (χ0v) is 8.05. The molecule has 0 aromatic rings. The summed E-state index contributed by atoms with van der Waals surface area (Å²) in [5, 5.41) is 0. The molecule has 5 heteroatoms. The van der Waals surface area contributed by atoms with Gasteiger partial charge in [0.25, 0.3) is 0 Å². The molecule has 4 nitrogen and oxygen atoms in total. The van der Waals surface area contributed by atoms with Crippen LogP contribution in [0.25, 0.3) is 0 Å². The maximum atomic E-state index is 10.5. The first-order valence-electron chi connectivity index (χ1n) is 2.97. The average molecular weight is 162 g/mol. The molecule has 0 rings (SSSR count). The lowest BCUT2D eigenvalue weighted by Crippen LogP contribution is -2.19. The minimum absolute atomic E-state index is 0.229. The van der Waals surface area contributed by atoms with Gasteiger partial charge in [0.2, 0.25) is 10.5 Å². The van der Waals surface area contributed by atoms with E-state index in [2.05, 4.69) is 9.16 Å². The van der Waals surface area contributed by atoms with E-state index in [-0.39, 0.29) is 17.1 Å². The van der Waals surface area contributed by atoms with Gasteiger partial charge >= 0.3 is 11.9 Å². The van der Waals surface area contributed by atoms with Gasteiger partial charge in [-0.05, 0) is 6.42 Å². The van der Waals surface area contributed by atoms with Gasteiger partial charge in [0.1, 0.15) is 0 Å². The molecule has 0 aromatic carbocycles. The van der Waals surface area contributed by atoms with E-state index < -0.39 is 11.9 Å². The second-order valence-electron chi connectivity index (χ2n) is 1.63. The second-order valence-corrected chi connectivity index (χ2v) is 2.04. The van der Waals surface area contributed by atoms with Gasteiger partial charge < -0.3 is 9.16 Å². The van der Waals surface area contributed by atoms with E-state index in [1.807, 2.05) is 6.92 Å². The number of hydrogen-bond acceptors (Lipinski definition) is 4. The van der Waals surface area contributed by atoms with Crippen molar-refractivity contribution in [1.29, 1.82) is 0 Å². The van der Waals surface area contributed by atoms with Gasteiger partial charge in [-0.1, -0.05) is 6.92 Å². The lowest BCUT2D eigenvalue weighted by Gasteiger charge is -1.99. The molecule has 0 radical (unpaired) electrons. The van der Waals surface area contributed by atoms with Crippen LogP contribution in [-0.4, -0.2) is 29.0 Å².